The predicted molar refractivity (Wildman–Crippen MR) is 257 cm³/mol. The summed E-state index contributed by atoms with van der Waals surface area (Å²) in [7, 11) is 2.41. The van der Waals surface area contributed by atoms with Crippen molar-refractivity contribution in [2.45, 2.75) is 89.4 Å². The van der Waals surface area contributed by atoms with Gasteiger partial charge in [0.05, 0.1) is 15.9 Å². The van der Waals surface area contributed by atoms with Gasteiger partial charge in [-0.05, 0) is 122 Å². The summed E-state index contributed by atoms with van der Waals surface area (Å²) in [6.45, 7) is 5.63. The van der Waals surface area contributed by atoms with Gasteiger partial charge in [-0.15, -0.1) is 11.3 Å². The third-order valence-electron chi connectivity index (χ3n) is 10.6. The van der Waals surface area contributed by atoms with Gasteiger partial charge in [-0.1, -0.05) is 68.0 Å². The first-order chi connectivity index (χ1) is 32.8. The molecule has 6 aromatic rings. The molecule has 4 aromatic carbocycles. The number of carbonyl (C=O) groups excluding carboxylic acids is 1. The van der Waals surface area contributed by atoms with Crippen molar-refractivity contribution in [3.05, 3.63) is 136 Å². The van der Waals surface area contributed by atoms with Crippen LogP contribution in [0.15, 0.2) is 70.1 Å². The molecule has 0 atom stereocenters. The van der Waals surface area contributed by atoms with Crippen molar-refractivity contribution in [1.29, 1.82) is 5.26 Å². The number of fused-ring (bicyclic) bond motifs is 1. The number of halogens is 17. The SMILES string of the molecule is CCc1cc(C(F)(C(F)(F)F)C(F)(F)F)cc(C)c1CC(=O)c1ccc(N=c2ssnc2Cl)c(Br)c1.CCc1cc(C(F)(C(F)(F)F)C(F)(F)F)cc(C)c1CC(=S)c1ccc2nc(C#N)sc2c1.[Cu][I]. The molecule has 0 aliphatic carbocycles. The number of carbonyl (C=O) groups is 1. The second-order valence-electron chi connectivity index (χ2n) is 15.0. The fraction of sp³-hybridized carbons (Fsp3) is 0.318. The van der Waals surface area contributed by atoms with Crippen LogP contribution in [0.2, 0.25) is 5.15 Å². The number of nitrogens with zero attached hydrogens (tertiary/aromatic N) is 4. The second-order valence-corrected chi connectivity index (χ2v) is 19.6. The number of hydrogen-bond acceptors (Lipinski definition) is 9. The normalized spacial score (nSPS) is 12.8. The molecule has 0 aliphatic rings. The number of hydrogen-bond donors (Lipinski definition) is 0. The van der Waals surface area contributed by atoms with E-state index in [1.807, 2.05) is 6.07 Å². The molecule has 0 saturated heterocycles. The Balaban J connectivity index is 0.000000299. The van der Waals surface area contributed by atoms with E-state index in [9.17, 15) is 66.3 Å². The molecule has 0 saturated carbocycles. The molecule has 0 spiro atoms. The van der Waals surface area contributed by atoms with Gasteiger partial charge in [-0.25, -0.2) is 18.8 Å². The quantitative estimate of drug-likeness (QED) is 0.0322. The van der Waals surface area contributed by atoms with Crippen molar-refractivity contribution in [1.82, 2.24) is 9.36 Å². The van der Waals surface area contributed by atoms with E-state index in [0.717, 1.165) is 10.5 Å². The zero-order valence-corrected chi connectivity index (χ0v) is 44.9. The Labute approximate surface area is 445 Å². The van der Waals surface area contributed by atoms with Crippen LogP contribution < -0.4 is 4.67 Å². The van der Waals surface area contributed by atoms with Gasteiger partial charge in [0.25, 0.3) is 0 Å². The van der Waals surface area contributed by atoms with Crippen molar-refractivity contribution in [3.8, 4) is 6.07 Å². The maximum atomic E-state index is 14.6. The zero-order chi connectivity index (χ0) is 53.8. The van der Waals surface area contributed by atoms with E-state index in [1.54, 1.807) is 51.5 Å². The summed E-state index contributed by atoms with van der Waals surface area (Å²) in [4.78, 5) is 21.8. The summed E-state index contributed by atoms with van der Waals surface area (Å²) in [6, 6.07) is 13.8. The summed E-state index contributed by atoms with van der Waals surface area (Å²) in [5.41, 5.74) is -11.3. The van der Waals surface area contributed by atoms with Crippen LogP contribution in [0.5, 0.6) is 0 Å². The molecule has 0 bridgehead atoms. The summed E-state index contributed by atoms with van der Waals surface area (Å²) >= 11 is 21.8. The molecule has 2 heterocycles. The summed E-state index contributed by atoms with van der Waals surface area (Å²) in [5, 5.41) is 9.49. The molecule has 6 rings (SSSR count). The average Bonchev–Trinajstić information content (AvgIpc) is 3.91. The molecular formula is C44H30BrClCuF14IN4OS4. The van der Waals surface area contributed by atoms with E-state index < -0.39 is 53.0 Å². The first kappa shape index (κ1) is 60.4. The molecular weight excluding hydrogens is 1300 g/mol. The Hall–Kier alpha value is -3.16. The number of rotatable bonds is 11. The van der Waals surface area contributed by atoms with E-state index >= 15 is 0 Å². The second kappa shape index (κ2) is 23.6. The monoisotopic (exact) mass is 1330 g/mol. The van der Waals surface area contributed by atoms with Crippen LogP contribution in [0.3, 0.4) is 0 Å². The van der Waals surface area contributed by atoms with Crippen LogP contribution in [0.25, 0.3) is 10.2 Å². The molecule has 5 nitrogen and oxygen atoms in total. The van der Waals surface area contributed by atoms with Gasteiger partial charge >= 0.3 is 69.2 Å². The van der Waals surface area contributed by atoms with Crippen LogP contribution in [-0.2, 0) is 49.8 Å². The minimum absolute atomic E-state index is 0.0127. The third kappa shape index (κ3) is 13.0. The van der Waals surface area contributed by atoms with E-state index in [1.165, 1.54) is 54.6 Å². The summed E-state index contributed by atoms with van der Waals surface area (Å²) in [5.74, 6) is -0.441. The van der Waals surface area contributed by atoms with Crippen LogP contribution in [0.4, 0.5) is 67.2 Å². The van der Waals surface area contributed by atoms with Crippen LogP contribution >= 0.6 is 92.3 Å². The number of aromatic nitrogens is 2. The van der Waals surface area contributed by atoms with Crippen molar-refractivity contribution in [2.75, 3.05) is 0 Å². The maximum absolute atomic E-state index is 14.6. The number of Topliss-reactive ketones (excluding diaryl/α,β-unsaturated/α-hetero) is 1. The fourth-order valence-electron chi connectivity index (χ4n) is 7.07. The molecule has 0 N–H and O–H groups in total. The number of alkyl halides is 14. The first-order valence-corrected chi connectivity index (χ1v) is 27.2. The molecule has 0 aliphatic heterocycles. The Morgan fingerprint density at radius 2 is 1.24 bits per heavy atom. The Morgan fingerprint density at radius 3 is 1.66 bits per heavy atom. The van der Waals surface area contributed by atoms with E-state index in [-0.39, 0.29) is 69.2 Å². The van der Waals surface area contributed by atoms with Gasteiger partial charge in [0.2, 0.25) is 0 Å². The van der Waals surface area contributed by atoms with Crippen molar-refractivity contribution >= 4 is 119 Å². The molecule has 0 unspecified atom stereocenters. The number of aryl methyl sites for hydroxylation is 4. The standard InChI is InChI=1S/C22H15BrClF7N2OS2.C22H15F7N2S2.Cu.HI/c1-3-11-7-13(20(25,21(26,27)28)22(29,30)31)6-10(2)14(11)9-17(34)12-4-5-16(15(23)8-12)32-19-18(24)33-36-35-19;1-3-12-7-14(20(23,21(24,25)26)22(27,28)29)6-11(2)15(12)9-17(32)13-4-5-16-18(8-13)33-19(10-30)31-16;;/h4-8H,3,9H2,1-2H3;4-8H,3,9H2,1-2H3;;1H/q;;+1;/p-1. The summed E-state index contributed by atoms with van der Waals surface area (Å²) < 4.78 is 193. The molecule has 27 heteroatoms. The van der Waals surface area contributed by atoms with E-state index in [0.29, 0.717) is 65.3 Å². The number of thiocarbonyl (C=S) groups is 1. The van der Waals surface area contributed by atoms with Crippen LogP contribution in [0, 0.1) is 25.2 Å². The average molecular weight is 1330 g/mol. The van der Waals surface area contributed by atoms with Crippen LogP contribution in [-0.4, -0.2) is 44.7 Å². The van der Waals surface area contributed by atoms with Gasteiger partial charge in [0.1, 0.15) is 6.07 Å². The van der Waals surface area contributed by atoms with Crippen molar-refractivity contribution < 1.29 is 79.0 Å². The summed E-state index contributed by atoms with van der Waals surface area (Å²) in [6.07, 6.45) is -25.0. The minimum atomic E-state index is -6.22. The van der Waals surface area contributed by atoms with Crippen molar-refractivity contribution in [3.63, 3.8) is 0 Å². The molecule has 71 heavy (non-hydrogen) atoms. The van der Waals surface area contributed by atoms with Gasteiger partial charge in [-0.2, -0.15) is 62.3 Å². The number of benzene rings is 4. The topological polar surface area (TPSA) is 79.0 Å². The fourth-order valence-corrected chi connectivity index (χ4v) is 10.6. The van der Waals surface area contributed by atoms with Crippen molar-refractivity contribution in [2.24, 2.45) is 4.99 Å². The third-order valence-corrected chi connectivity index (χ3v) is 14.7. The molecule has 2 aromatic heterocycles. The van der Waals surface area contributed by atoms with Gasteiger partial charge < -0.3 is 0 Å². The number of thiazole rings is 1. The molecule has 0 radical (unpaired) electrons. The van der Waals surface area contributed by atoms with E-state index in [4.69, 9.17) is 29.1 Å². The van der Waals surface area contributed by atoms with Gasteiger partial charge in [-0.3, -0.25) is 4.79 Å². The Kier molecular flexibility index (Phi) is 20.1. The van der Waals surface area contributed by atoms with Gasteiger partial charge in [0, 0.05) is 49.4 Å². The Bertz CT molecular complexity index is 3030. The van der Waals surface area contributed by atoms with Crippen LogP contribution in [0.1, 0.15) is 79.3 Å². The van der Waals surface area contributed by atoms with E-state index in [2.05, 4.69) is 43.0 Å². The number of ketones is 1. The molecule has 386 valence electrons. The first-order valence-electron chi connectivity index (χ1n) is 19.7. The molecule has 0 amide bonds. The molecule has 0 fully saturated rings. The Morgan fingerprint density at radius 1 is 0.761 bits per heavy atom. The van der Waals surface area contributed by atoms with Gasteiger partial charge in [0.15, 0.2) is 20.6 Å². The predicted octanol–water partition coefficient (Wildman–Crippen LogP) is 16.6. The number of nitriles is 1. The zero-order valence-electron chi connectivity index (χ0n) is 36.2.